The summed E-state index contributed by atoms with van der Waals surface area (Å²) in [4.78, 5) is 25.5. The van der Waals surface area contributed by atoms with Crippen molar-refractivity contribution in [3.05, 3.63) is 34.2 Å². The van der Waals surface area contributed by atoms with Crippen LogP contribution in [0.15, 0.2) is 23.0 Å². The van der Waals surface area contributed by atoms with Gasteiger partial charge >= 0.3 is 11.5 Å². The monoisotopic (exact) mass is 237 g/mol. The predicted molar refractivity (Wildman–Crippen MR) is 59.0 cm³/mol. The van der Waals surface area contributed by atoms with Gasteiger partial charge in [0.05, 0.1) is 11.2 Å². The van der Waals surface area contributed by atoms with Crippen LogP contribution in [0.2, 0.25) is 0 Å². The van der Waals surface area contributed by atoms with Gasteiger partial charge in [-0.05, 0) is 12.1 Å². The van der Waals surface area contributed by atoms with Crippen molar-refractivity contribution in [1.82, 2.24) is 9.77 Å². The highest BCUT2D eigenvalue weighted by molar-refractivity contribution is 5.92. The Bertz CT molecular complexity index is 666. The molecule has 0 atom stereocenters. The Morgan fingerprint density at radius 1 is 1.53 bits per heavy atom. The van der Waals surface area contributed by atoms with E-state index in [4.69, 9.17) is 5.11 Å². The van der Waals surface area contributed by atoms with Gasteiger partial charge in [0.15, 0.2) is 0 Å². The van der Waals surface area contributed by atoms with Gasteiger partial charge in [0, 0.05) is 7.05 Å². The number of hydrogen-bond acceptors (Lipinski definition) is 4. The second-order valence-corrected chi connectivity index (χ2v) is 3.27. The number of benzene rings is 1. The molecule has 0 aliphatic carbocycles. The van der Waals surface area contributed by atoms with Crippen LogP contribution in [0.4, 0.5) is 10.2 Å². The Hall–Kier alpha value is -2.44. The number of rotatable bonds is 2. The van der Waals surface area contributed by atoms with Gasteiger partial charge in [0.25, 0.3) is 0 Å². The summed E-state index contributed by atoms with van der Waals surface area (Å²) in [6.45, 7) is 0. The van der Waals surface area contributed by atoms with E-state index in [2.05, 4.69) is 10.3 Å². The number of fused-ring (bicyclic) bond motifs is 1. The maximum absolute atomic E-state index is 13.7. The topological polar surface area (TPSA) is 84.2 Å². The van der Waals surface area contributed by atoms with Gasteiger partial charge in [0.1, 0.15) is 5.52 Å². The van der Waals surface area contributed by atoms with E-state index in [9.17, 15) is 14.1 Å². The van der Waals surface area contributed by atoms with Crippen LogP contribution in [-0.2, 0) is 0 Å². The Morgan fingerprint density at radius 3 is 2.82 bits per heavy atom. The number of carboxylic acid groups (broad SMARTS) is 1. The van der Waals surface area contributed by atoms with Gasteiger partial charge in [0.2, 0.25) is 5.69 Å². The zero-order chi connectivity index (χ0) is 12.6. The Labute approximate surface area is 94.3 Å². The molecule has 7 heteroatoms. The number of halogens is 1. The number of aromatic nitrogens is 2. The largest absolute Gasteiger partial charge is 0.476 e. The third kappa shape index (κ3) is 1.61. The number of nitrogens with one attached hydrogen (secondary N) is 1. The van der Waals surface area contributed by atoms with Crippen LogP contribution in [-0.4, -0.2) is 27.9 Å². The van der Waals surface area contributed by atoms with Crippen molar-refractivity contribution in [2.75, 3.05) is 12.4 Å². The number of hydrogen-bond donors (Lipinski definition) is 2. The molecule has 0 radical (unpaired) electrons. The van der Waals surface area contributed by atoms with Crippen LogP contribution in [0.25, 0.3) is 11.0 Å². The zero-order valence-electron chi connectivity index (χ0n) is 8.77. The molecular formula is C10H8FN3O3. The summed E-state index contributed by atoms with van der Waals surface area (Å²) in [5.74, 6) is -1.56. The summed E-state index contributed by atoms with van der Waals surface area (Å²) >= 11 is 0. The standard InChI is InChI=1S/C10H8FN3O3/c1-12-5-3-2-4-6-8(5)14(11)9(15)7(13-6)10(16)17/h2-4,12H,1H3,(H,16,17). The molecule has 0 unspecified atom stereocenters. The molecule has 0 bridgehead atoms. The summed E-state index contributed by atoms with van der Waals surface area (Å²) in [5, 5.41) is 11.4. The minimum atomic E-state index is -1.56. The third-order valence-electron chi connectivity index (χ3n) is 2.30. The maximum Gasteiger partial charge on any atom is 0.360 e. The van der Waals surface area contributed by atoms with E-state index in [1.807, 2.05) is 0 Å². The van der Waals surface area contributed by atoms with Crippen molar-refractivity contribution in [3.63, 3.8) is 0 Å². The van der Waals surface area contributed by atoms with Crippen molar-refractivity contribution in [3.8, 4) is 0 Å². The summed E-state index contributed by atoms with van der Waals surface area (Å²) in [6.07, 6.45) is 0. The molecule has 0 aliphatic heterocycles. The first-order chi connectivity index (χ1) is 8.06. The Balaban J connectivity index is 2.96. The first kappa shape index (κ1) is 11.1. The number of carbonyl (C=O) groups is 1. The fourth-order valence-electron chi connectivity index (χ4n) is 1.53. The molecular weight excluding hydrogens is 229 g/mol. The molecule has 17 heavy (non-hydrogen) atoms. The lowest BCUT2D eigenvalue weighted by Crippen LogP contribution is -2.25. The van der Waals surface area contributed by atoms with Crippen LogP contribution in [0.5, 0.6) is 0 Å². The molecule has 2 aromatic rings. The number of aromatic carboxylic acids is 1. The Morgan fingerprint density at radius 2 is 2.24 bits per heavy atom. The molecule has 88 valence electrons. The lowest BCUT2D eigenvalue weighted by molar-refractivity contribution is 0.0686. The second-order valence-electron chi connectivity index (χ2n) is 3.27. The van der Waals surface area contributed by atoms with Crippen LogP contribution >= 0.6 is 0 Å². The van der Waals surface area contributed by atoms with Crippen LogP contribution in [0.3, 0.4) is 0 Å². The molecule has 6 nitrogen and oxygen atoms in total. The van der Waals surface area contributed by atoms with E-state index < -0.39 is 17.2 Å². The van der Waals surface area contributed by atoms with E-state index in [-0.39, 0.29) is 15.8 Å². The lowest BCUT2D eigenvalue weighted by Gasteiger charge is -2.07. The zero-order valence-corrected chi connectivity index (χ0v) is 8.77. The van der Waals surface area contributed by atoms with Crippen molar-refractivity contribution >= 4 is 22.7 Å². The first-order valence-corrected chi connectivity index (χ1v) is 4.69. The molecule has 2 rings (SSSR count). The number of carboxylic acids is 1. The molecule has 1 aromatic carbocycles. The minimum Gasteiger partial charge on any atom is -0.476 e. The molecule has 0 fully saturated rings. The maximum atomic E-state index is 13.7. The van der Waals surface area contributed by atoms with E-state index in [0.29, 0.717) is 5.69 Å². The average molecular weight is 237 g/mol. The van der Waals surface area contributed by atoms with Crippen molar-refractivity contribution in [2.24, 2.45) is 0 Å². The van der Waals surface area contributed by atoms with Gasteiger partial charge in [-0.25, -0.2) is 9.78 Å². The third-order valence-corrected chi connectivity index (χ3v) is 2.30. The molecule has 1 heterocycles. The highest BCUT2D eigenvalue weighted by atomic mass is 19.2. The molecule has 0 aliphatic rings. The van der Waals surface area contributed by atoms with Gasteiger partial charge in [-0.3, -0.25) is 4.79 Å². The SMILES string of the molecule is CNc1cccc2nc(C(=O)O)c(=O)n(F)c12. The second kappa shape index (κ2) is 3.85. The number of nitrogens with zero attached hydrogens (tertiary/aromatic N) is 2. The van der Waals surface area contributed by atoms with Gasteiger partial charge in [-0.15, -0.1) is 4.79 Å². The summed E-state index contributed by atoms with van der Waals surface area (Å²) in [5.41, 5.74) is -1.76. The van der Waals surface area contributed by atoms with Crippen molar-refractivity contribution in [1.29, 1.82) is 0 Å². The smallest absolute Gasteiger partial charge is 0.360 e. The molecule has 0 amide bonds. The summed E-state index contributed by atoms with van der Waals surface area (Å²) in [6, 6.07) is 4.56. The molecule has 2 N–H and O–H groups in total. The number of para-hydroxylation sites is 1. The first-order valence-electron chi connectivity index (χ1n) is 4.69. The van der Waals surface area contributed by atoms with Crippen LogP contribution < -0.4 is 10.9 Å². The van der Waals surface area contributed by atoms with E-state index >= 15 is 0 Å². The van der Waals surface area contributed by atoms with Crippen molar-refractivity contribution < 1.29 is 14.4 Å². The van der Waals surface area contributed by atoms with Crippen LogP contribution in [0, 0.1) is 0 Å². The molecule has 0 spiro atoms. The predicted octanol–water partition coefficient (Wildman–Crippen LogP) is 0.869. The fourth-order valence-corrected chi connectivity index (χ4v) is 1.53. The van der Waals surface area contributed by atoms with E-state index in [0.717, 1.165) is 0 Å². The number of anilines is 1. The minimum absolute atomic E-state index is 0.0787. The normalized spacial score (nSPS) is 10.5. The lowest BCUT2D eigenvalue weighted by atomic mass is 10.2. The van der Waals surface area contributed by atoms with E-state index in [1.54, 1.807) is 19.2 Å². The fraction of sp³-hybridized carbons (Fsp3) is 0.100. The molecule has 1 aromatic heterocycles. The average Bonchev–Trinajstić information content (AvgIpc) is 2.32. The van der Waals surface area contributed by atoms with Gasteiger partial charge in [-0.1, -0.05) is 10.5 Å². The molecule has 0 saturated carbocycles. The summed E-state index contributed by atoms with van der Waals surface area (Å²) in [7, 11) is 1.56. The van der Waals surface area contributed by atoms with Crippen LogP contribution in [0.1, 0.15) is 10.5 Å². The van der Waals surface area contributed by atoms with Gasteiger partial charge in [-0.2, -0.15) is 0 Å². The van der Waals surface area contributed by atoms with Gasteiger partial charge < -0.3 is 10.4 Å². The summed E-state index contributed by atoms with van der Waals surface area (Å²) < 4.78 is 13.7. The quantitative estimate of drug-likeness (QED) is 0.809. The molecule has 0 saturated heterocycles. The van der Waals surface area contributed by atoms with E-state index in [1.165, 1.54) is 6.07 Å². The van der Waals surface area contributed by atoms with Crippen molar-refractivity contribution in [2.45, 2.75) is 0 Å². The highest BCUT2D eigenvalue weighted by Crippen LogP contribution is 2.20. The Kier molecular flexibility index (Phi) is 2.51. The highest BCUT2D eigenvalue weighted by Gasteiger charge is 2.18.